The van der Waals surface area contributed by atoms with Crippen molar-refractivity contribution in [3.63, 3.8) is 0 Å². The van der Waals surface area contributed by atoms with Crippen LogP contribution in [0, 0.1) is 6.92 Å². The van der Waals surface area contributed by atoms with E-state index in [-0.39, 0.29) is 5.91 Å². The second kappa shape index (κ2) is 8.48. The standard InChI is InChI=1S/C18H20N6OS/c1-13-7-10-24(23-13)17-11-16(21-12-22-17)19-8-9-20-18(25)14-3-5-15(26-2)6-4-14/h3-7,10-12H,8-9H2,1-2H3,(H,20,25)(H,19,21,22). The Labute approximate surface area is 156 Å². The van der Waals surface area contributed by atoms with Gasteiger partial charge in [0.2, 0.25) is 0 Å². The van der Waals surface area contributed by atoms with Gasteiger partial charge in [-0.3, -0.25) is 4.79 Å². The Morgan fingerprint density at radius 3 is 2.65 bits per heavy atom. The molecule has 1 amide bonds. The van der Waals surface area contributed by atoms with Crippen molar-refractivity contribution in [2.45, 2.75) is 11.8 Å². The van der Waals surface area contributed by atoms with E-state index >= 15 is 0 Å². The summed E-state index contributed by atoms with van der Waals surface area (Å²) in [7, 11) is 0. The number of benzene rings is 1. The molecular formula is C18H20N6OS. The normalized spacial score (nSPS) is 10.5. The van der Waals surface area contributed by atoms with Gasteiger partial charge in [-0.05, 0) is 43.5 Å². The van der Waals surface area contributed by atoms with Gasteiger partial charge in [0.05, 0.1) is 5.69 Å². The summed E-state index contributed by atoms with van der Waals surface area (Å²) in [6.07, 6.45) is 5.34. The molecule has 2 aromatic heterocycles. The van der Waals surface area contributed by atoms with E-state index in [9.17, 15) is 4.79 Å². The van der Waals surface area contributed by atoms with Crippen molar-refractivity contribution >= 4 is 23.5 Å². The van der Waals surface area contributed by atoms with Gasteiger partial charge in [-0.2, -0.15) is 5.10 Å². The van der Waals surface area contributed by atoms with Crippen LogP contribution in [-0.4, -0.2) is 45.0 Å². The molecule has 134 valence electrons. The van der Waals surface area contributed by atoms with Gasteiger partial charge in [-0.15, -0.1) is 11.8 Å². The average molecular weight is 368 g/mol. The molecule has 0 aliphatic heterocycles. The minimum atomic E-state index is -0.0881. The van der Waals surface area contributed by atoms with Crippen molar-refractivity contribution in [2.24, 2.45) is 0 Å². The molecule has 0 unspecified atom stereocenters. The molecule has 0 saturated heterocycles. The number of amides is 1. The third-order valence-corrected chi connectivity index (χ3v) is 4.42. The molecule has 0 spiro atoms. The van der Waals surface area contributed by atoms with Crippen LogP contribution in [-0.2, 0) is 0 Å². The summed E-state index contributed by atoms with van der Waals surface area (Å²) in [6, 6.07) is 11.3. The maximum atomic E-state index is 12.1. The molecule has 1 aromatic carbocycles. The molecule has 2 N–H and O–H groups in total. The van der Waals surface area contributed by atoms with Crippen LogP contribution in [0.5, 0.6) is 0 Å². The van der Waals surface area contributed by atoms with Gasteiger partial charge in [0.15, 0.2) is 5.82 Å². The van der Waals surface area contributed by atoms with E-state index in [2.05, 4.69) is 25.7 Å². The van der Waals surface area contributed by atoms with Gasteiger partial charge >= 0.3 is 0 Å². The zero-order chi connectivity index (χ0) is 18.4. The first-order valence-electron chi connectivity index (χ1n) is 8.16. The highest BCUT2D eigenvalue weighted by atomic mass is 32.2. The number of anilines is 1. The van der Waals surface area contributed by atoms with Crippen LogP contribution in [0.3, 0.4) is 0 Å². The summed E-state index contributed by atoms with van der Waals surface area (Å²) >= 11 is 1.65. The Hall–Kier alpha value is -2.87. The van der Waals surface area contributed by atoms with Gasteiger partial charge in [0.25, 0.3) is 5.91 Å². The molecule has 0 bridgehead atoms. The molecule has 3 rings (SSSR count). The average Bonchev–Trinajstić information content (AvgIpc) is 3.12. The van der Waals surface area contributed by atoms with Gasteiger partial charge < -0.3 is 10.6 Å². The molecule has 0 aliphatic carbocycles. The molecule has 7 nitrogen and oxygen atoms in total. The minimum Gasteiger partial charge on any atom is -0.368 e. The quantitative estimate of drug-likeness (QED) is 0.492. The largest absolute Gasteiger partial charge is 0.368 e. The van der Waals surface area contributed by atoms with E-state index in [1.165, 1.54) is 6.33 Å². The number of aromatic nitrogens is 4. The van der Waals surface area contributed by atoms with Crippen molar-refractivity contribution in [1.29, 1.82) is 0 Å². The molecule has 0 saturated carbocycles. The summed E-state index contributed by atoms with van der Waals surface area (Å²) < 4.78 is 1.70. The fraction of sp³-hybridized carbons (Fsp3) is 0.222. The lowest BCUT2D eigenvalue weighted by molar-refractivity contribution is 0.0955. The van der Waals surface area contributed by atoms with Gasteiger partial charge in [0.1, 0.15) is 12.1 Å². The van der Waals surface area contributed by atoms with Crippen molar-refractivity contribution in [3.8, 4) is 5.82 Å². The van der Waals surface area contributed by atoms with Crippen LogP contribution in [0.1, 0.15) is 16.1 Å². The summed E-state index contributed by atoms with van der Waals surface area (Å²) in [5, 5.41) is 10.4. The van der Waals surface area contributed by atoms with Crippen molar-refractivity contribution in [3.05, 3.63) is 60.2 Å². The Kier molecular flexibility index (Phi) is 5.85. The molecular weight excluding hydrogens is 348 g/mol. The molecule has 0 aliphatic rings. The molecule has 0 atom stereocenters. The van der Waals surface area contributed by atoms with Crippen LogP contribution in [0.4, 0.5) is 5.82 Å². The first-order valence-corrected chi connectivity index (χ1v) is 9.39. The minimum absolute atomic E-state index is 0.0881. The summed E-state index contributed by atoms with van der Waals surface area (Å²) in [6.45, 7) is 2.97. The van der Waals surface area contributed by atoms with Crippen LogP contribution in [0.15, 0.2) is 53.8 Å². The highest BCUT2D eigenvalue weighted by Gasteiger charge is 2.05. The number of carbonyl (C=O) groups excluding carboxylic acids is 1. The second-order valence-electron chi connectivity index (χ2n) is 5.57. The number of nitrogens with one attached hydrogen (secondary N) is 2. The number of nitrogens with zero attached hydrogens (tertiary/aromatic N) is 4. The number of thioether (sulfide) groups is 1. The maximum Gasteiger partial charge on any atom is 0.251 e. The highest BCUT2D eigenvalue weighted by molar-refractivity contribution is 7.98. The zero-order valence-corrected chi connectivity index (χ0v) is 15.5. The van der Waals surface area contributed by atoms with Gasteiger partial charge in [0, 0.05) is 35.8 Å². The predicted molar refractivity (Wildman–Crippen MR) is 103 cm³/mol. The van der Waals surface area contributed by atoms with Crippen LogP contribution in [0.25, 0.3) is 5.82 Å². The van der Waals surface area contributed by atoms with E-state index in [1.807, 2.05) is 55.8 Å². The summed E-state index contributed by atoms with van der Waals surface area (Å²) in [5.41, 5.74) is 1.58. The summed E-state index contributed by atoms with van der Waals surface area (Å²) in [4.78, 5) is 21.6. The van der Waals surface area contributed by atoms with E-state index in [0.717, 1.165) is 10.6 Å². The van der Waals surface area contributed by atoms with E-state index in [4.69, 9.17) is 0 Å². The predicted octanol–water partition coefficient (Wildman–Crippen LogP) is 2.53. The van der Waals surface area contributed by atoms with Crippen LogP contribution in [0.2, 0.25) is 0 Å². The molecule has 0 fully saturated rings. The van der Waals surface area contributed by atoms with Crippen molar-refractivity contribution in [2.75, 3.05) is 24.7 Å². The Balaban J connectivity index is 1.49. The highest BCUT2D eigenvalue weighted by Crippen LogP contribution is 2.14. The van der Waals surface area contributed by atoms with E-state index in [1.54, 1.807) is 16.4 Å². The fourth-order valence-electron chi connectivity index (χ4n) is 2.32. The third-order valence-electron chi connectivity index (χ3n) is 3.68. The number of carbonyl (C=O) groups is 1. The van der Waals surface area contributed by atoms with Crippen molar-refractivity contribution < 1.29 is 4.79 Å². The Morgan fingerprint density at radius 1 is 1.15 bits per heavy atom. The van der Waals surface area contributed by atoms with Crippen LogP contribution >= 0.6 is 11.8 Å². The van der Waals surface area contributed by atoms with E-state index in [0.29, 0.717) is 30.3 Å². The first kappa shape index (κ1) is 17.9. The number of aryl methyl sites for hydroxylation is 1. The monoisotopic (exact) mass is 368 g/mol. The maximum absolute atomic E-state index is 12.1. The fourth-order valence-corrected chi connectivity index (χ4v) is 2.73. The SMILES string of the molecule is CSc1ccc(C(=O)NCCNc2cc(-n3ccc(C)n3)ncn2)cc1. The Morgan fingerprint density at radius 2 is 1.96 bits per heavy atom. The number of hydrogen-bond donors (Lipinski definition) is 2. The smallest absolute Gasteiger partial charge is 0.251 e. The molecule has 2 heterocycles. The number of hydrogen-bond acceptors (Lipinski definition) is 6. The number of rotatable bonds is 7. The summed E-state index contributed by atoms with van der Waals surface area (Å²) in [5.74, 6) is 1.28. The Bertz CT molecular complexity index is 877. The van der Waals surface area contributed by atoms with Crippen molar-refractivity contribution in [1.82, 2.24) is 25.1 Å². The molecule has 3 aromatic rings. The lowest BCUT2D eigenvalue weighted by atomic mass is 10.2. The lowest BCUT2D eigenvalue weighted by Gasteiger charge is -2.08. The lowest BCUT2D eigenvalue weighted by Crippen LogP contribution is -2.28. The zero-order valence-electron chi connectivity index (χ0n) is 14.6. The molecule has 8 heteroatoms. The molecule has 0 radical (unpaired) electrons. The molecule has 26 heavy (non-hydrogen) atoms. The second-order valence-corrected chi connectivity index (χ2v) is 6.45. The van der Waals surface area contributed by atoms with E-state index < -0.39 is 0 Å². The van der Waals surface area contributed by atoms with Gasteiger partial charge in [-0.1, -0.05) is 0 Å². The van der Waals surface area contributed by atoms with Crippen LogP contribution < -0.4 is 10.6 Å². The first-order chi connectivity index (χ1) is 12.7. The third kappa shape index (κ3) is 4.60. The topological polar surface area (TPSA) is 84.7 Å². The van der Waals surface area contributed by atoms with Gasteiger partial charge in [-0.25, -0.2) is 14.6 Å².